The van der Waals surface area contributed by atoms with Crippen molar-refractivity contribution in [3.8, 4) is 0 Å². The Kier molecular flexibility index (Phi) is 3.14. The van der Waals surface area contributed by atoms with Gasteiger partial charge in [0.15, 0.2) is 0 Å². The summed E-state index contributed by atoms with van der Waals surface area (Å²) in [7, 11) is 0. The monoisotopic (exact) mass is 275 g/mol. The molecule has 1 aliphatic carbocycles. The topological polar surface area (TPSA) is 20.3 Å². The first-order chi connectivity index (χ1) is 9.13. The van der Waals surface area contributed by atoms with Crippen molar-refractivity contribution in [3.63, 3.8) is 0 Å². The highest BCUT2D eigenvalue weighted by Gasteiger charge is 2.47. The average Bonchev–Trinajstić information content (AvgIpc) is 3.10. The summed E-state index contributed by atoms with van der Waals surface area (Å²) in [5.41, 5.74) is 1.49. The molecule has 100 valence electrons. The highest BCUT2D eigenvalue weighted by Crippen LogP contribution is 2.49. The number of nitrogens with zero attached hydrogens (tertiary/aromatic N) is 1. The standard InChI is InChI=1S/C16H18ClNO/c1-2-12-9-15(19)18(10-12)11-16(7-8-16)13-3-5-14(17)6-4-13/h2-6,12H,1,7-11H2. The van der Waals surface area contributed by atoms with E-state index in [9.17, 15) is 4.79 Å². The van der Waals surface area contributed by atoms with Crippen molar-refractivity contribution in [2.75, 3.05) is 13.1 Å². The van der Waals surface area contributed by atoms with Gasteiger partial charge in [0.1, 0.15) is 0 Å². The predicted octanol–water partition coefficient (Wildman–Crippen LogP) is 3.41. The van der Waals surface area contributed by atoms with Crippen molar-refractivity contribution in [1.82, 2.24) is 4.90 Å². The van der Waals surface area contributed by atoms with Gasteiger partial charge in [-0.1, -0.05) is 29.8 Å². The molecule has 1 saturated carbocycles. The quantitative estimate of drug-likeness (QED) is 0.771. The van der Waals surface area contributed by atoms with Crippen LogP contribution in [0.2, 0.25) is 5.02 Å². The van der Waals surface area contributed by atoms with Gasteiger partial charge in [0, 0.05) is 35.9 Å². The van der Waals surface area contributed by atoms with Crippen LogP contribution < -0.4 is 0 Å². The minimum absolute atomic E-state index is 0.177. The largest absolute Gasteiger partial charge is 0.341 e. The van der Waals surface area contributed by atoms with Gasteiger partial charge in [0.2, 0.25) is 5.91 Å². The number of benzene rings is 1. The zero-order valence-corrected chi connectivity index (χ0v) is 11.7. The summed E-state index contributed by atoms with van der Waals surface area (Å²) in [6, 6.07) is 8.08. The smallest absolute Gasteiger partial charge is 0.223 e. The van der Waals surface area contributed by atoms with Gasteiger partial charge in [-0.3, -0.25) is 4.79 Å². The Hall–Kier alpha value is -1.28. The Morgan fingerprint density at radius 1 is 1.37 bits per heavy atom. The zero-order chi connectivity index (χ0) is 13.5. The van der Waals surface area contributed by atoms with Crippen LogP contribution in [0, 0.1) is 5.92 Å². The van der Waals surface area contributed by atoms with Crippen LogP contribution in [0.15, 0.2) is 36.9 Å². The van der Waals surface area contributed by atoms with E-state index >= 15 is 0 Å². The van der Waals surface area contributed by atoms with Gasteiger partial charge >= 0.3 is 0 Å². The van der Waals surface area contributed by atoms with Gasteiger partial charge in [0.25, 0.3) is 0 Å². The van der Waals surface area contributed by atoms with Gasteiger partial charge in [-0.15, -0.1) is 6.58 Å². The normalized spacial score (nSPS) is 24.6. The molecule has 1 atom stereocenters. The maximum Gasteiger partial charge on any atom is 0.223 e. The lowest BCUT2D eigenvalue weighted by Crippen LogP contribution is -2.33. The summed E-state index contributed by atoms with van der Waals surface area (Å²) < 4.78 is 0. The molecule has 0 aromatic heterocycles. The number of carbonyl (C=O) groups excluding carboxylic acids is 1. The minimum Gasteiger partial charge on any atom is -0.341 e. The van der Waals surface area contributed by atoms with Gasteiger partial charge in [-0.25, -0.2) is 0 Å². The molecule has 2 nitrogen and oxygen atoms in total. The second kappa shape index (κ2) is 4.68. The fourth-order valence-electron chi connectivity index (χ4n) is 2.97. The molecular formula is C16H18ClNO. The van der Waals surface area contributed by atoms with E-state index < -0.39 is 0 Å². The molecule has 1 saturated heterocycles. The number of amides is 1. The van der Waals surface area contributed by atoms with E-state index in [1.165, 1.54) is 5.56 Å². The van der Waals surface area contributed by atoms with Crippen LogP contribution in [0.5, 0.6) is 0 Å². The second-order valence-corrected chi connectivity index (χ2v) is 6.20. The number of hydrogen-bond donors (Lipinski definition) is 0. The van der Waals surface area contributed by atoms with E-state index in [1.807, 2.05) is 23.1 Å². The Balaban J connectivity index is 1.74. The maximum atomic E-state index is 12.0. The number of rotatable bonds is 4. The van der Waals surface area contributed by atoms with E-state index in [1.54, 1.807) is 0 Å². The summed E-state index contributed by atoms with van der Waals surface area (Å²) in [5.74, 6) is 0.596. The Morgan fingerprint density at radius 3 is 2.58 bits per heavy atom. The molecule has 2 fully saturated rings. The molecule has 0 radical (unpaired) electrons. The van der Waals surface area contributed by atoms with E-state index in [0.29, 0.717) is 12.3 Å². The van der Waals surface area contributed by atoms with Crippen molar-refractivity contribution in [2.45, 2.75) is 24.7 Å². The van der Waals surface area contributed by atoms with Crippen LogP contribution in [0.25, 0.3) is 0 Å². The van der Waals surface area contributed by atoms with Crippen LogP contribution >= 0.6 is 11.6 Å². The van der Waals surface area contributed by atoms with Crippen molar-refractivity contribution in [3.05, 3.63) is 47.5 Å². The van der Waals surface area contributed by atoms with Gasteiger partial charge in [-0.2, -0.15) is 0 Å². The van der Waals surface area contributed by atoms with Crippen molar-refractivity contribution >= 4 is 17.5 Å². The van der Waals surface area contributed by atoms with Crippen LogP contribution in [0.3, 0.4) is 0 Å². The lowest BCUT2D eigenvalue weighted by molar-refractivity contribution is -0.128. The van der Waals surface area contributed by atoms with Crippen LogP contribution in [0.4, 0.5) is 0 Å². The third-order valence-electron chi connectivity index (χ3n) is 4.38. The lowest BCUT2D eigenvalue weighted by Gasteiger charge is -2.24. The van der Waals surface area contributed by atoms with Crippen LogP contribution in [-0.4, -0.2) is 23.9 Å². The molecule has 0 N–H and O–H groups in total. The Bertz CT molecular complexity index is 504. The summed E-state index contributed by atoms with van der Waals surface area (Å²) in [6.45, 7) is 5.47. The van der Waals surface area contributed by atoms with Gasteiger partial charge < -0.3 is 4.90 Å². The molecule has 0 spiro atoms. The number of likely N-dealkylation sites (tertiary alicyclic amines) is 1. The molecule has 1 aromatic carbocycles. The number of halogens is 1. The zero-order valence-electron chi connectivity index (χ0n) is 10.9. The average molecular weight is 276 g/mol. The number of hydrogen-bond acceptors (Lipinski definition) is 1. The molecule has 0 bridgehead atoms. The van der Waals surface area contributed by atoms with E-state index in [0.717, 1.165) is 31.0 Å². The van der Waals surface area contributed by atoms with Gasteiger partial charge in [-0.05, 0) is 30.5 Å². The van der Waals surface area contributed by atoms with Crippen LogP contribution in [-0.2, 0) is 10.2 Å². The predicted molar refractivity (Wildman–Crippen MR) is 77.2 cm³/mol. The Labute approximate surface area is 119 Å². The van der Waals surface area contributed by atoms with Crippen molar-refractivity contribution in [1.29, 1.82) is 0 Å². The molecule has 3 rings (SSSR count). The summed E-state index contributed by atoms with van der Waals surface area (Å²) >= 11 is 5.94. The third kappa shape index (κ3) is 2.42. The molecular weight excluding hydrogens is 258 g/mol. The Morgan fingerprint density at radius 2 is 2.05 bits per heavy atom. The van der Waals surface area contributed by atoms with E-state index in [4.69, 9.17) is 11.6 Å². The molecule has 19 heavy (non-hydrogen) atoms. The SMILES string of the molecule is C=CC1CC(=O)N(CC2(c3ccc(Cl)cc3)CC2)C1. The molecule has 1 heterocycles. The van der Waals surface area contributed by atoms with E-state index in [2.05, 4.69) is 18.7 Å². The van der Waals surface area contributed by atoms with Crippen LogP contribution in [0.1, 0.15) is 24.8 Å². The number of carbonyl (C=O) groups is 1. The molecule has 1 unspecified atom stereocenters. The molecule has 3 heteroatoms. The first-order valence-electron chi connectivity index (χ1n) is 6.79. The molecule has 1 aromatic rings. The fourth-order valence-corrected chi connectivity index (χ4v) is 3.10. The third-order valence-corrected chi connectivity index (χ3v) is 4.63. The molecule has 1 aliphatic heterocycles. The van der Waals surface area contributed by atoms with E-state index in [-0.39, 0.29) is 11.3 Å². The summed E-state index contributed by atoms with van der Waals surface area (Å²) in [5, 5.41) is 0.767. The van der Waals surface area contributed by atoms with Crippen molar-refractivity contribution in [2.24, 2.45) is 5.92 Å². The molecule has 2 aliphatic rings. The second-order valence-electron chi connectivity index (χ2n) is 5.76. The van der Waals surface area contributed by atoms with Crippen molar-refractivity contribution < 1.29 is 4.79 Å². The highest BCUT2D eigenvalue weighted by atomic mass is 35.5. The minimum atomic E-state index is 0.177. The first kappa shape index (κ1) is 12.7. The fraction of sp³-hybridized carbons (Fsp3) is 0.438. The lowest BCUT2D eigenvalue weighted by atomic mass is 9.95. The summed E-state index contributed by atoms with van der Waals surface area (Å²) in [4.78, 5) is 14.0. The summed E-state index contributed by atoms with van der Waals surface area (Å²) in [6.07, 6.45) is 4.86. The van der Waals surface area contributed by atoms with Gasteiger partial charge in [0.05, 0.1) is 0 Å². The first-order valence-corrected chi connectivity index (χ1v) is 7.17. The maximum absolute atomic E-state index is 12.0. The highest BCUT2D eigenvalue weighted by molar-refractivity contribution is 6.30. The molecule has 1 amide bonds.